The molecule has 3 aromatic rings. The standard InChI is InChI=1S/C19H19F3N6O/c1-3-12-13(18(29)28-27-14(12)4-2)10-24-16-9-15(19(20,21)22)25-17(26-16)11-5-7-23-8-6-11/h5-9H,3-4,10H2,1-2H3,(H,28,29)(H,24,25,26). The monoisotopic (exact) mass is 404 g/mol. The molecule has 0 amide bonds. The van der Waals surface area contributed by atoms with E-state index in [1.54, 1.807) is 0 Å². The first-order valence-corrected chi connectivity index (χ1v) is 9.03. The number of aromatic nitrogens is 5. The van der Waals surface area contributed by atoms with Crippen LogP contribution in [0.15, 0.2) is 35.4 Å². The number of pyridine rings is 1. The van der Waals surface area contributed by atoms with E-state index in [9.17, 15) is 18.0 Å². The van der Waals surface area contributed by atoms with Gasteiger partial charge in [0.25, 0.3) is 5.56 Å². The normalized spacial score (nSPS) is 11.5. The molecule has 0 saturated heterocycles. The van der Waals surface area contributed by atoms with Crippen LogP contribution in [0.1, 0.15) is 36.4 Å². The molecule has 3 rings (SSSR count). The zero-order valence-corrected chi connectivity index (χ0v) is 15.8. The molecule has 0 bridgehead atoms. The van der Waals surface area contributed by atoms with Crippen LogP contribution in [0, 0.1) is 0 Å². The van der Waals surface area contributed by atoms with Crippen LogP contribution >= 0.6 is 0 Å². The van der Waals surface area contributed by atoms with Gasteiger partial charge < -0.3 is 5.32 Å². The highest BCUT2D eigenvalue weighted by Gasteiger charge is 2.34. The highest BCUT2D eigenvalue weighted by Crippen LogP contribution is 2.30. The largest absolute Gasteiger partial charge is 0.433 e. The van der Waals surface area contributed by atoms with Crippen LogP contribution in [0.2, 0.25) is 0 Å². The zero-order chi connectivity index (χ0) is 21.0. The second-order valence-electron chi connectivity index (χ2n) is 6.21. The van der Waals surface area contributed by atoms with E-state index in [4.69, 9.17) is 0 Å². The molecule has 0 aliphatic carbocycles. The molecule has 0 aliphatic heterocycles. The van der Waals surface area contributed by atoms with Crippen molar-refractivity contribution >= 4 is 5.82 Å². The van der Waals surface area contributed by atoms with Gasteiger partial charge in [-0.3, -0.25) is 9.78 Å². The van der Waals surface area contributed by atoms with Crippen molar-refractivity contribution < 1.29 is 13.2 Å². The summed E-state index contributed by atoms with van der Waals surface area (Å²) in [5, 5.41) is 9.31. The Kier molecular flexibility index (Phi) is 5.90. The number of H-pyrrole nitrogens is 1. The van der Waals surface area contributed by atoms with Crippen LogP contribution < -0.4 is 10.9 Å². The quantitative estimate of drug-likeness (QED) is 0.654. The molecule has 29 heavy (non-hydrogen) atoms. The van der Waals surface area contributed by atoms with Crippen molar-refractivity contribution in [3.8, 4) is 11.4 Å². The summed E-state index contributed by atoms with van der Waals surface area (Å²) in [7, 11) is 0. The summed E-state index contributed by atoms with van der Waals surface area (Å²) in [6.45, 7) is 3.82. The van der Waals surface area contributed by atoms with Crippen molar-refractivity contribution in [2.45, 2.75) is 39.4 Å². The van der Waals surface area contributed by atoms with Gasteiger partial charge in [-0.2, -0.15) is 18.3 Å². The molecule has 0 aliphatic rings. The van der Waals surface area contributed by atoms with Gasteiger partial charge in [0.1, 0.15) is 5.82 Å². The van der Waals surface area contributed by atoms with E-state index in [-0.39, 0.29) is 23.7 Å². The van der Waals surface area contributed by atoms with Crippen molar-refractivity contribution in [2.24, 2.45) is 0 Å². The molecular weight excluding hydrogens is 385 g/mol. The van der Waals surface area contributed by atoms with E-state index < -0.39 is 11.9 Å². The average Bonchev–Trinajstić information content (AvgIpc) is 2.72. The van der Waals surface area contributed by atoms with Crippen molar-refractivity contribution in [2.75, 3.05) is 5.32 Å². The maximum absolute atomic E-state index is 13.3. The molecule has 3 aromatic heterocycles. The van der Waals surface area contributed by atoms with Gasteiger partial charge in [-0.15, -0.1) is 0 Å². The molecule has 7 nitrogen and oxygen atoms in total. The van der Waals surface area contributed by atoms with Gasteiger partial charge in [-0.05, 0) is 30.5 Å². The number of aryl methyl sites for hydroxylation is 1. The lowest BCUT2D eigenvalue weighted by molar-refractivity contribution is -0.141. The second-order valence-corrected chi connectivity index (χ2v) is 6.21. The lowest BCUT2D eigenvalue weighted by atomic mass is 10.0. The Balaban J connectivity index is 1.99. The minimum atomic E-state index is -4.64. The number of nitrogens with one attached hydrogen (secondary N) is 2. The van der Waals surface area contributed by atoms with Crippen LogP contribution in [-0.4, -0.2) is 25.1 Å². The van der Waals surface area contributed by atoms with E-state index in [0.717, 1.165) is 17.3 Å². The summed E-state index contributed by atoms with van der Waals surface area (Å²) < 4.78 is 39.9. The fourth-order valence-corrected chi connectivity index (χ4v) is 2.95. The number of hydrogen-bond acceptors (Lipinski definition) is 6. The Hall–Kier alpha value is -3.30. The summed E-state index contributed by atoms with van der Waals surface area (Å²) in [4.78, 5) is 23.9. The highest BCUT2D eigenvalue weighted by molar-refractivity contribution is 5.57. The minimum absolute atomic E-state index is 0.0120. The SMILES string of the molecule is CCc1n[nH]c(=O)c(CNc2cc(C(F)(F)F)nc(-c3ccncc3)n2)c1CC. The molecule has 0 spiro atoms. The summed E-state index contributed by atoms with van der Waals surface area (Å²) in [5.41, 5.74) is 0.903. The molecule has 0 radical (unpaired) electrons. The van der Waals surface area contributed by atoms with Crippen LogP contribution in [0.25, 0.3) is 11.4 Å². The lowest BCUT2D eigenvalue weighted by Gasteiger charge is -2.14. The van der Waals surface area contributed by atoms with Gasteiger partial charge in [0.2, 0.25) is 0 Å². The number of rotatable bonds is 6. The maximum Gasteiger partial charge on any atom is 0.433 e. The number of halogens is 3. The molecule has 0 fully saturated rings. The van der Waals surface area contributed by atoms with Crippen molar-refractivity contribution in [3.05, 3.63) is 63.5 Å². The Labute approximate surface area is 164 Å². The van der Waals surface area contributed by atoms with Gasteiger partial charge in [0, 0.05) is 36.1 Å². The van der Waals surface area contributed by atoms with Gasteiger partial charge >= 0.3 is 6.18 Å². The number of anilines is 1. The van der Waals surface area contributed by atoms with Crippen molar-refractivity contribution in [1.29, 1.82) is 0 Å². The van der Waals surface area contributed by atoms with Gasteiger partial charge in [0.15, 0.2) is 11.5 Å². The van der Waals surface area contributed by atoms with E-state index in [1.807, 2.05) is 13.8 Å². The third-order valence-electron chi connectivity index (χ3n) is 4.37. The number of aromatic amines is 1. The van der Waals surface area contributed by atoms with Crippen LogP contribution in [0.4, 0.5) is 19.0 Å². The molecule has 0 atom stereocenters. The Morgan fingerprint density at radius 3 is 2.41 bits per heavy atom. The van der Waals surface area contributed by atoms with Gasteiger partial charge in [-0.25, -0.2) is 15.1 Å². The molecule has 2 N–H and O–H groups in total. The first kappa shape index (κ1) is 20.4. The predicted molar refractivity (Wildman–Crippen MR) is 101 cm³/mol. The zero-order valence-electron chi connectivity index (χ0n) is 15.8. The lowest BCUT2D eigenvalue weighted by Crippen LogP contribution is -2.22. The molecule has 152 valence electrons. The Bertz CT molecular complexity index is 1050. The summed E-state index contributed by atoms with van der Waals surface area (Å²) in [5.74, 6) is -0.117. The first-order chi connectivity index (χ1) is 13.8. The van der Waals surface area contributed by atoms with Gasteiger partial charge in [-0.1, -0.05) is 13.8 Å². The van der Waals surface area contributed by atoms with Gasteiger partial charge in [0.05, 0.1) is 5.69 Å². The summed E-state index contributed by atoms with van der Waals surface area (Å²) in [6, 6.07) is 3.87. The van der Waals surface area contributed by atoms with Crippen LogP contribution in [0.3, 0.4) is 0 Å². The fourth-order valence-electron chi connectivity index (χ4n) is 2.95. The number of hydrogen-bond donors (Lipinski definition) is 2. The summed E-state index contributed by atoms with van der Waals surface area (Å²) >= 11 is 0. The fraction of sp³-hybridized carbons (Fsp3) is 0.316. The smallest absolute Gasteiger partial charge is 0.366 e. The predicted octanol–water partition coefficient (Wildman–Crippen LogP) is 3.38. The molecule has 0 aromatic carbocycles. The van der Waals surface area contributed by atoms with Crippen LogP contribution in [-0.2, 0) is 25.6 Å². The maximum atomic E-state index is 13.3. The van der Waals surface area contributed by atoms with Crippen molar-refractivity contribution in [3.63, 3.8) is 0 Å². The molecule has 10 heteroatoms. The molecule has 0 saturated carbocycles. The summed E-state index contributed by atoms with van der Waals surface area (Å²) in [6.07, 6.45) is -0.536. The third-order valence-corrected chi connectivity index (χ3v) is 4.37. The minimum Gasteiger partial charge on any atom is -0.366 e. The first-order valence-electron chi connectivity index (χ1n) is 9.03. The van der Waals surface area contributed by atoms with E-state index >= 15 is 0 Å². The van der Waals surface area contributed by atoms with E-state index in [1.165, 1.54) is 24.5 Å². The number of nitrogens with zero attached hydrogens (tertiary/aromatic N) is 4. The number of alkyl halides is 3. The molecular formula is C19H19F3N6O. The Morgan fingerprint density at radius 2 is 1.79 bits per heavy atom. The average molecular weight is 404 g/mol. The third kappa shape index (κ3) is 4.58. The van der Waals surface area contributed by atoms with Crippen molar-refractivity contribution in [1.82, 2.24) is 25.1 Å². The van der Waals surface area contributed by atoms with E-state index in [2.05, 4.69) is 30.5 Å². The highest BCUT2D eigenvalue weighted by atomic mass is 19.4. The molecule has 0 unspecified atom stereocenters. The second kappa shape index (κ2) is 8.38. The topological polar surface area (TPSA) is 96.5 Å². The van der Waals surface area contributed by atoms with Crippen LogP contribution in [0.5, 0.6) is 0 Å². The molecule has 3 heterocycles. The van der Waals surface area contributed by atoms with E-state index in [0.29, 0.717) is 24.0 Å². The Morgan fingerprint density at radius 1 is 1.07 bits per heavy atom.